The minimum absolute atomic E-state index is 0.0441. The highest BCUT2D eigenvalue weighted by atomic mass is 16.1. The first-order valence-corrected chi connectivity index (χ1v) is 4.30. The Kier molecular flexibility index (Phi) is 3.03. The Balaban J connectivity index is 2.93. The van der Waals surface area contributed by atoms with Crippen molar-refractivity contribution in [2.24, 2.45) is 0 Å². The van der Waals surface area contributed by atoms with Crippen molar-refractivity contribution in [2.75, 3.05) is 11.9 Å². The molecule has 0 radical (unpaired) electrons. The molecule has 1 rings (SSSR count). The van der Waals surface area contributed by atoms with E-state index in [0.717, 1.165) is 16.8 Å². The van der Waals surface area contributed by atoms with Crippen LogP contribution in [0.15, 0.2) is 18.2 Å². The molecule has 0 aromatic heterocycles. The molecule has 0 saturated heterocycles. The summed E-state index contributed by atoms with van der Waals surface area (Å²) < 4.78 is 0. The highest BCUT2D eigenvalue weighted by molar-refractivity contribution is 5.92. The van der Waals surface area contributed by atoms with Crippen molar-refractivity contribution in [1.82, 2.24) is 0 Å². The first-order valence-electron chi connectivity index (χ1n) is 4.30. The van der Waals surface area contributed by atoms with E-state index in [-0.39, 0.29) is 12.5 Å². The molecule has 0 spiro atoms. The van der Waals surface area contributed by atoms with Gasteiger partial charge in [-0.15, -0.1) is 0 Å². The minimum atomic E-state index is -0.0441. The average Bonchev–Trinajstić information content (AvgIpc) is 2.11. The van der Waals surface area contributed by atoms with Gasteiger partial charge in [-0.05, 0) is 25.0 Å². The molecule has 0 atom stereocenters. The van der Waals surface area contributed by atoms with Crippen LogP contribution in [0.4, 0.5) is 5.69 Å². The Morgan fingerprint density at radius 3 is 2.38 bits per heavy atom. The molecule has 4 N–H and O–H groups in total. The van der Waals surface area contributed by atoms with Crippen molar-refractivity contribution >= 4 is 11.6 Å². The molecule has 1 aromatic carbocycles. The summed E-state index contributed by atoms with van der Waals surface area (Å²) in [5.74, 6) is -0.0441. The molecule has 13 heavy (non-hydrogen) atoms. The first-order chi connectivity index (χ1) is 6.15. The predicted molar refractivity (Wildman–Crippen MR) is 52.3 cm³/mol. The molecule has 1 amide bonds. The second-order valence-corrected chi connectivity index (χ2v) is 3.06. The first kappa shape index (κ1) is 9.74. The van der Waals surface area contributed by atoms with E-state index in [1.54, 1.807) is 0 Å². The molecule has 0 unspecified atom stereocenters. The molecule has 0 aliphatic carbocycles. The number of amides is 1. The normalized spacial score (nSPS) is 9.77. The highest BCUT2D eigenvalue weighted by Crippen LogP contribution is 2.18. The Morgan fingerprint density at radius 2 is 1.92 bits per heavy atom. The molecule has 70 valence electrons. The fraction of sp³-hybridized carbons (Fsp3) is 0.300. The molecule has 0 fully saturated rings. The number of carbonyl (C=O) groups excluding carboxylic acids is 1. The van der Waals surface area contributed by atoms with Crippen molar-refractivity contribution in [3.8, 4) is 0 Å². The topological polar surface area (TPSA) is 56.7 Å². The third kappa shape index (κ3) is 2.29. The van der Waals surface area contributed by atoms with E-state index in [0.29, 0.717) is 0 Å². The number of rotatable bonds is 2. The van der Waals surface area contributed by atoms with Crippen LogP contribution in [0.1, 0.15) is 11.1 Å². The smallest absolute Gasteiger partial charge is 0.279 e. The van der Waals surface area contributed by atoms with Crippen molar-refractivity contribution < 1.29 is 10.5 Å². The number of para-hydroxylation sites is 1. The minimum Gasteiger partial charge on any atom is -0.350 e. The second-order valence-electron chi connectivity index (χ2n) is 3.06. The summed E-state index contributed by atoms with van der Waals surface area (Å²) in [6.07, 6.45) is 0. The Bertz CT molecular complexity index is 300. The maximum Gasteiger partial charge on any atom is 0.279 e. The lowest BCUT2D eigenvalue weighted by molar-refractivity contribution is -0.353. The Morgan fingerprint density at radius 1 is 1.38 bits per heavy atom. The molecule has 3 nitrogen and oxygen atoms in total. The van der Waals surface area contributed by atoms with Crippen LogP contribution in [0.5, 0.6) is 0 Å². The molecule has 0 saturated carbocycles. The van der Waals surface area contributed by atoms with Gasteiger partial charge in [-0.25, -0.2) is 0 Å². The zero-order valence-electron chi connectivity index (χ0n) is 8.05. The summed E-state index contributed by atoms with van der Waals surface area (Å²) in [5, 5.41) is 2.83. The van der Waals surface area contributed by atoms with Crippen molar-refractivity contribution in [1.29, 1.82) is 0 Å². The van der Waals surface area contributed by atoms with Crippen LogP contribution in [0.2, 0.25) is 0 Å². The third-order valence-corrected chi connectivity index (χ3v) is 1.97. The van der Waals surface area contributed by atoms with Gasteiger partial charge in [0.05, 0.1) is 0 Å². The molecular weight excluding hydrogens is 164 g/mol. The maximum absolute atomic E-state index is 11.1. The zero-order chi connectivity index (χ0) is 9.84. The van der Waals surface area contributed by atoms with Crippen LogP contribution in [0.3, 0.4) is 0 Å². The van der Waals surface area contributed by atoms with Gasteiger partial charge in [0.2, 0.25) is 0 Å². The average molecular weight is 179 g/mol. The van der Waals surface area contributed by atoms with E-state index >= 15 is 0 Å². The van der Waals surface area contributed by atoms with Crippen molar-refractivity contribution in [3.63, 3.8) is 0 Å². The summed E-state index contributed by atoms with van der Waals surface area (Å²) in [5.41, 5.74) is 6.61. The van der Waals surface area contributed by atoms with Crippen LogP contribution < -0.4 is 11.1 Å². The van der Waals surface area contributed by atoms with E-state index in [1.807, 2.05) is 32.0 Å². The predicted octanol–water partition coefficient (Wildman–Crippen LogP) is 0.484. The van der Waals surface area contributed by atoms with Gasteiger partial charge in [0.1, 0.15) is 0 Å². The molecule has 3 heteroatoms. The Hall–Kier alpha value is -1.35. The fourth-order valence-corrected chi connectivity index (χ4v) is 1.21. The van der Waals surface area contributed by atoms with E-state index in [4.69, 9.17) is 0 Å². The van der Waals surface area contributed by atoms with Gasteiger partial charge in [0, 0.05) is 5.69 Å². The van der Waals surface area contributed by atoms with Gasteiger partial charge in [-0.3, -0.25) is 4.79 Å². The SMILES string of the molecule is Cc1cccc(C)c1NC(=O)C[NH3+]. The quantitative estimate of drug-likeness (QED) is 0.681. The lowest BCUT2D eigenvalue weighted by atomic mass is 10.1. The Labute approximate surface area is 77.9 Å². The van der Waals surface area contributed by atoms with Gasteiger partial charge in [0.15, 0.2) is 6.54 Å². The van der Waals surface area contributed by atoms with E-state index in [2.05, 4.69) is 11.1 Å². The summed E-state index contributed by atoms with van der Waals surface area (Å²) in [6.45, 7) is 4.23. The van der Waals surface area contributed by atoms with Gasteiger partial charge < -0.3 is 11.1 Å². The number of quaternary nitrogens is 1. The van der Waals surface area contributed by atoms with Crippen LogP contribution >= 0.6 is 0 Å². The number of carbonyl (C=O) groups is 1. The van der Waals surface area contributed by atoms with Crippen molar-refractivity contribution in [3.05, 3.63) is 29.3 Å². The highest BCUT2D eigenvalue weighted by Gasteiger charge is 2.05. The fourth-order valence-electron chi connectivity index (χ4n) is 1.21. The largest absolute Gasteiger partial charge is 0.350 e. The monoisotopic (exact) mass is 179 g/mol. The lowest BCUT2D eigenvalue weighted by Crippen LogP contribution is -2.55. The molecule has 0 aliphatic heterocycles. The molecule has 1 aromatic rings. The number of hydrogen-bond donors (Lipinski definition) is 2. The standard InChI is InChI=1S/C10H14N2O/c1-7-4-3-5-8(2)10(7)12-9(13)6-11/h3-5H,6,11H2,1-2H3,(H,12,13)/p+1. The maximum atomic E-state index is 11.1. The van der Waals surface area contributed by atoms with Gasteiger partial charge in [0.25, 0.3) is 5.91 Å². The van der Waals surface area contributed by atoms with Crippen molar-refractivity contribution in [2.45, 2.75) is 13.8 Å². The molecule has 0 bridgehead atoms. The number of aryl methyl sites for hydroxylation is 2. The summed E-state index contributed by atoms with van der Waals surface area (Å²) in [6, 6.07) is 5.93. The number of nitrogens with one attached hydrogen (secondary N) is 1. The summed E-state index contributed by atoms with van der Waals surface area (Å²) in [4.78, 5) is 11.1. The lowest BCUT2D eigenvalue weighted by Gasteiger charge is -2.09. The second kappa shape index (κ2) is 4.05. The molecule has 0 heterocycles. The number of benzene rings is 1. The van der Waals surface area contributed by atoms with Gasteiger partial charge in [-0.1, -0.05) is 18.2 Å². The number of anilines is 1. The summed E-state index contributed by atoms with van der Waals surface area (Å²) >= 11 is 0. The number of hydrogen-bond acceptors (Lipinski definition) is 1. The van der Waals surface area contributed by atoms with Gasteiger partial charge >= 0.3 is 0 Å². The van der Waals surface area contributed by atoms with E-state index < -0.39 is 0 Å². The van der Waals surface area contributed by atoms with Crippen LogP contribution in [-0.2, 0) is 4.79 Å². The van der Waals surface area contributed by atoms with Crippen LogP contribution in [0, 0.1) is 13.8 Å². The molecule has 0 aliphatic rings. The summed E-state index contributed by atoms with van der Waals surface area (Å²) in [7, 11) is 0. The molecular formula is C10H15N2O+. The van der Waals surface area contributed by atoms with E-state index in [9.17, 15) is 4.79 Å². The van der Waals surface area contributed by atoms with Crippen LogP contribution in [-0.4, -0.2) is 12.5 Å². The zero-order valence-corrected chi connectivity index (χ0v) is 8.05. The van der Waals surface area contributed by atoms with Crippen LogP contribution in [0.25, 0.3) is 0 Å². The van der Waals surface area contributed by atoms with E-state index in [1.165, 1.54) is 0 Å². The third-order valence-electron chi connectivity index (χ3n) is 1.97. The van der Waals surface area contributed by atoms with Gasteiger partial charge in [-0.2, -0.15) is 0 Å².